The largest absolute Gasteiger partial charge is 0.450 e. The van der Waals surface area contributed by atoms with Crippen molar-refractivity contribution in [2.75, 3.05) is 6.61 Å². The van der Waals surface area contributed by atoms with Crippen LogP contribution in [0.15, 0.2) is 24.3 Å². The van der Waals surface area contributed by atoms with Crippen molar-refractivity contribution in [2.24, 2.45) is 0 Å². The highest BCUT2D eigenvalue weighted by molar-refractivity contribution is 5.67. The molecule has 0 aliphatic carbocycles. The predicted octanol–water partition coefficient (Wildman–Crippen LogP) is 3.38. The summed E-state index contributed by atoms with van der Waals surface area (Å²) >= 11 is 0. The fourth-order valence-corrected chi connectivity index (χ4v) is 1.61. The van der Waals surface area contributed by atoms with Crippen molar-refractivity contribution >= 4 is 6.09 Å². The lowest BCUT2D eigenvalue weighted by Gasteiger charge is -2.14. The maximum atomic E-state index is 12.4. The fourth-order valence-electron chi connectivity index (χ4n) is 1.61. The lowest BCUT2D eigenvalue weighted by Crippen LogP contribution is -2.34. The van der Waals surface area contributed by atoms with Crippen LogP contribution in [0, 0.1) is 0 Å². The zero-order valence-corrected chi connectivity index (χ0v) is 10.8. The van der Waals surface area contributed by atoms with Gasteiger partial charge in [-0.1, -0.05) is 12.1 Å². The van der Waals surface area contributed by atoms with E-state index in [-0.39, 0.29) is 12.6 Å². The molecule has 6 heteroatoms. The van der Waals surface area contributed by atoms with Crippen molar-refractivity contribution in [3.8, 4) is 0 Å². The normalized spacial score (nSPS) is 12.9. The second kappa shape index (κ2) is 6.45. The van der Waals surface area contributed by atoms with E-state index in [1.54, 1.807) is 13.8 Å². The summed E-state index contributed by atoms with van der Waals surface area (Å²) in [5.41, 5.74) is 0.0413. The van der Waals surface area contributed by atoms with Crippen LogP contribution in [-0.2, 0) is 17.3 Å². The monoisotopic (exact) mass is 275 g/mol. The molecule has 0 aliphatic rings. The van der Waals surface area contributed by atoms with Gasteiger partial charge in [0.15, 0.2) is 0 Å². The van der Waals surface area contributed by atoms with E-state index in [9.17, 15) is 18.0 Å². The number of alkyl halides is 3. The van der Waals surface area contributed by atoms with Gasteiger partial charge in [-0.05, 0) is 38.0 Å². The topological polar surface area (TPSA) is 38.3 Å². The van der Waals surface area contributed by atoms with Gasteiger partial charge in [0.05, 0.1) is 12.2 Å². The van der Waals surface area contributed by atoms with Crippen LogP contribution in [0.5, 0.6) is 0 Å². The van der Waals surface area contributed by atoms with Crippen molar-refractivity contribution in [1.82, 2.24) is 5.32 Å². The average molecular weight is 275 g/mol. The van der Waals surface area contributed by atoms with E-state index in [0.29, 0.717) is 6.42 Å². The number of benzene rings is 1. The van der Waals surface area contributed by atoms with E-state index in [2.05, 4.69) is 5.32 Å². The molecule has 0 radical (unpaired) electrons. The molecule has 3 nitrogen and oxygen atoms in total. The lowest BCUT2D eigenvalue weighted by molar-refractivity contribution is -0.137. The molecule has 0 saturated heterocycles. The third kappa shape index (κ3) is 5.19. The highest BCUT2D eigenvalue weighted by Crippen LogP contribution is 2.29. The van der Waals surface area contributed by atoms with Crippen LogP contribution < -0.4 is 5.32 Å². The predicted molar refractivity (Wildman–Crippen MR) is 64.8 cm³/mol. The first-order valence-electron chi connectivity index (χ1n) is 5.92. The van der Waals surface area contributed by atoms with Gasteiger partial charge in [-0.15, -0.1) is 0 Å². The fraction of sp³-hybridized carbons (Fsp3) is 0.462. The molecule has 1 N–H and O–H groups in total. The van der Waals surface area contributed by atoms with Crippen molar-refractivity contribution in [3.63, 3.8) is 0 Å². The number of amides is 1. The van der Waals surface area contributed by atoms with E-state index in [1.807, 2.05) is 0 Å². The Morgan fingerprint density at radius 1 is 1.32 bits per heavy atom. The van der Waals surface area contributed by atoms with Gasteiger partial charge in [-0.2, -0.15) is 13.2 Å². The minimum Gasteiger partial charge on any atom is -0.450 e. The minimum atomic E-state index is -4.33. The summed E-state index contributed by atoms with van der Waals surface area (Å²) in [5, 5.41) is 2.59. The summed E-state index contributed by atoms with van der Waals surface area (Å²) in [4.78, 5) is 11.1. The first-order chi connectivity index (χ1) is 8.82. The molecule has 1 aromatic rings. The number of rotatable bonds is 4. The number of nitrogens with one attached hydrogen (secondary N) is 1. The quantitative estimate of drug-likeness (QED) is 0.914. The molecule has 19 heavy (non-hydrogen) atoms. The van der Waals surface area contributed by atoms with Gasteiger partial charge in [-0.25, -0.2) is 4.79 Å². The van der Waals surface area contributed by atoms with Gasteiger partial charge in [0.2, 0.25) is 0 Å². The van der Waals surface area contributed by atoms with Crippen LogP contribution in [-0.4, -0.2) is 18.7 Å². The summed E-state index contributed by atoms with van der Waals surface area (Å²) in [6.45, 7) is 3.73. The number of hydrogen-bond donors (Lipinski definition) is 1. The van der Waals surface area contributed by atoms with Crippen LogP contribution in [0.4, 0.5) is 18.0 Å². The Morgan fingerprint density at radius 3 is 2.37 bits per heavy atom. The van der Waals surface area contributed by atoms with E-state index >= 15 is 0 Å². The molecule has 0 aliphatic heterocycles. The zero-order chi connectivity index (χ0) is 14.5. The summed E-state index contributed by atoms with van der Waals surface area (Å²) < 4.78 is 41.8. The zero-order valence-electron chi connectivity index (χ0n) is 10.8. The molecule has 1 unspecified atom stereocenters. The average Bonchev–Trinajstić information content (AvgIpc) is 2.28. The second-order valence-electron chi connectivity index (χ2n) is 4.16. The highest BCUT2D eigenvalue weighted by atomic mass is 19.4. The van der Waals surface area contributed by atoms with Crippen LogP contribution in [0.2, 0.25) is 0 Å². The van der Waals surface area contributed by atoms with Crippen molar-refractivity contribution in [1.29, 1.82) is 0 Å². The van der Waals surface area contributed by atoms with Gasteiger partial charge in [0.1, 0.15) is 0 Å². The molecule has 0 saturated carbocycles. The standard InChI is InChI=1S/C13H16F3NO2/c1-3-19-12(18)17-9(2)8-10-4-6-11(7-5-10)13(14,15)16/h4-7,9H,3,8H2,1-2H3,(H,17,18). The van der Waals surface area contributed by atoms with Gasteiger partial charge in [0, 0.05) is 6.04 Å². The molecule has 0 spiro atoms. The first-order valence-corrected chi connectivity index (χ1v) is 5.92. The summed E-state index contributed by atoms with van der Waals surface area (Å²) in [7, 11) is 0. The molecule has 1 amide bonds. The molecule has 0 bridgehead atoms. The Kier molecular flexibility index (Phi) is 5.20. The third-order valence-corrected chi connectivity index (χ3v) is 2.46. The molecular formula is C13H16F3NO2. The van der Waals surface area contributed by atoms with E-state index in [4.69, 9.17) is 4.74 Å². The number of ether oxygens (including phenoxy) is 1. The molecule has 0 heterocycles. The van der Waals surface area contributed by atoms with Crippen LogP contribution >= 0.6 is 0 Å². The molecule has 1 atom stereocenters. The number of hydrogen-bond acceptors (Lipinski definition) is 2. The first kappa shape index (κ1) is 15.3. The van der Waals surface area contributed by atoms with Crippen molar-refractivity contribution in [3.05, 3.63) is 35.4 Å². The summed E-state index contributed by atoms with van der Waals surface area (Å²) in [5.74, 6) is 0. The van der Waals surface area contributed by atoms with E-state index in [0.717, 1.165) is 17.7 Å². The van der Waals surface area contributed by atoms with Gasteiger partial charge in [-0.3, -0.25) is 0 Å². The number of halogens is 3. The molecule has 0 fully saturated rings. The summed E-state index contributed by atoms with van der Waals surface area (Å²) in [6, 6.07) is 4.67. The number of carbonyl (C=O) groups excluding carboxylic acids is 1. The lowest BCUT2D eigenvalue weighted by atomic mass is 10.1. The van der Waals surface area contributed by atoms with Gasteiger partial charge >= 0.3 is 12.3 Å². The van der Waals surface area contributed by atoms with E-state index in [1.165, 1.54) is 12.1 Å². The smallest absolute Gasteiger partial charge is 0.416 e. The molecular weight excluding hydrogens is 259 g/mol. The van der Waals surface area contributed by atoms with Gasteiger partial charge < -0.3 is 10.1 Å². The Morgan fingerprint density at radius 2 is 1.89 bits per heavy atom. The number of alkyl carbamates (subject to hydrolysis) is 1. The van der Waals surface area contributed by atoms with Gasteiger partial charge in [0.25, 0.3) is 0 Å². The van der Waals surface area contributed by atoms with Crippen molar-refractivity contribution < 1.29 is 22.7 Å². The van der Waals surface area contributed by atoms with Crippen LogP contribution in [0.25, 0.3) is 0 Å². The summed E-state index contributed by atoms with van der Waals surface area (Å²) in [6.07, 6.45) is -4.41. The van der Waals surface area contributed by atoms with Crippen molar-refractivity contribution in [2.45, 2.75) is 32.5 Å². The molecule has 1 aromatic carbocycles. The minimum absolute atomic E-state index is 0.212. The van der Waals surface area contributed by atoms with Crippen LogP contribution in [0.1, 0.15) is 25.0 Å². The third-order valence-electron chi connectivity index (χ3n) is 2.46. The maximum Gasteiger partial charge on any atom is 0.416 e. The maximum absolute atomic E-state index is 12.4. The van der Waals surface area contributed by atoms with Crippen LogP contribution in [0.3, 0.4) is 0 Å². The molecule has 106 valence electrons. The Bertz CT molecular complexity index is 415. The molecule has 0 aromatic heterocycles. The Hall–Kier alpha value is -1.72. The highest BCUT2D eigenvalue weighted by Gasteiger charge is 2.29. The Labute approximate surface area is 109 Å². The second-order valence-corrected chi connectivity index (χ2v) is 4.16. The Balaban J connectivity index is 2.56. The molecule has 1 rings (SSSR count). The van der Waals surface area contributed by atoms with E-state index < -0.39 is 17.8 Å². The SMILES string of the molecule is CCOC(=O)NC(C)Cc1ccc(C(F)(F)F)cc1. The number of carbonyl (C=O) groups is 1.